The third kappa shape index (κ3) is 3.66. The average Bonchev–Trinajstić information content (AvgIpc) is 2.99. The van der Waals surface area contributed by atoms with E-state index in [4.69, 9.17) is 0 Å². The Labute approximate surface area is 165 Å². The van der Waals surface area contributed by atoms with Crippen LogP contribution in [0.25, 0.3) is 22.1 Å². The number of aromatic nitrogens is 4. The van der Waals surface area contributed by atoms with Crippen molar-refractivity contribution in [2.45, 2.75) is 31.5 Å². The summed E-state index contributed by atoms with van der Waals surface area (Å²) in [5, 5.41) is 20.7. The van der Waals surface area contributed by atoms with Gasteiger partial charge in [0.05, 0.1) is 23.8 Å². The molecule has 1 fully saturated rings. The number of thioether (sulfide) groups is 1. The Balaban J connectivity index is 1.59. The van der Waals surface area contributed by atoms with E-state index in [-0.39, 0.29) is 18.2 Å². The van der Waals surface area contributed by atoms with Crippen LogP contribution in [0.15, 0.2) is 29.4 Å². The second kappa shape index (κ2) is 7.75. The van der Waals surface area contributed by atoms with Gasteiger partial charge in [0.1, 0.15) is 5.52 Å². The predicted octanol–water partition coefficient (Wildman–Crippen LogP) is 1.08. The van der Waals surface area contributed by atoms with Gasteiger partial charge in [-0.3, -0.25) is 4.79 Å². The van der Waals surface area contributed by atoms with E-state index in [0.29, 0.717) is 27.8 Å². The zero-order valence-electron chi connectivity index (χ0n) is 15.5. The lowest BCUT2D eigenvalue weighted by molar-refractivity contribution is -0.306. The van der Waals surface area contributed by atoms with Crippen molar-refractivity contribution in [3.63, 3.8) is 0 Å². The molecule has 28 heavy (non-hydrogen) atoms. The topological polar surface area (TPSA) is 104 Å². The summed E-state index contributed by atoms with van der Waals surface area (Å²) in [6.07, 6.45) is 2.19. The van der Waals surface area contributed by atoms with E-state index in [1.54, 1.807) is 4.57 Å². The van der Waals surface area contributed by atoms with Crippen molar-refractivity contribution in [3.05, 3.63) is 24.3 Å². The highest BCUT2D eigenvalue weighted by atomic mass is 32.2. The minimum absolute atomic E-state index is 0.0653. The minimum Gasteiger partial charge on any atom is -0.548 e. The summed E-state index contributed by atoms with van der Waals surface area (Å²) in [6.45, 7) is 3.42. The zero-order chi connectivity index (χ0) is 19.7. The van der Waals surface area contributed by atoms with Crippen LogP contribution >= 0.6 is 11.8 Å². The van der Waals surface area contributed by atoms with E-state index in [1.807, 2.05) is 29.2 Å². The largest absolute Gasteiger partial charge is 0.548 e. The van der Waals surface area contributed by atoms with Gasteiger partial charge in [-0.25, -0.2) is 4.98 Å². The van der Waals surface area contributed by atoms with Gasteiger partial charge in [-0.05, 0) is 24.8 Å². The van der Waals surface area contributed by atoms with Gasteiger partial charge in [0.25, 0.3) is 0 Å². The fourth-order valence-corrected chi connectivity index (χ4v) is 4.36. The molecule has 1 aliphatic heterocycles. The van der Waals surface area contributed by atoms with Gasteiger partial charge in [-0.1, -0.05) is 36.9 Å². The van der Waals surface area contributed by atoms with E-state index >= 15 is 0 Å². The van der Waals surface area contributed by atoms with E-state index in [2.05, 4.69) is 22.1 Å². The minimum atomic E-state index is -1.20. The molecule has 1 amide bonds. The first-order valence-electron chi connectivity index (χ1n) is 9.25. The van der Waals surface area contributed by atoms with E-state index < -0.39 is 5.97 Å². The molecule has 8 nitrogen and oxygen atoms in total. The maximum Gasteiger partial charge on any atom is 0.233 e. The van der Waals surface area contributed by atoms with Gasteiger partial charge in [0, 0.05) is 18.5 Å². The second-order valence-corrected chi connectivity index (χ2v) is 8.06. The number of amides is 1. The Bertz CT molecular complexity index is 1050. The number of piperidine rings is 1. The van der Waals surface area contributed by atoms with Gasteiger partial charge in [-0.15, -0.1) is 10.2 Å². The van der Waals surface area contributed by atoms with Crippen LogP contribution in [0.5, 0.6) is 0 Å². The molecule has 0 N–H and O–H groups in total. The molecule has 2 aromatic heterocycles. The maximum absolute atomic E-state index is 12.5. The molecule has 1 aliphatic rings. The number of rotatable bonds is 5. The monoisotopic (exact) mass is 398 g/mol. The molecule has 3 heterocycles. The lowest BCUT2D eigenvalue weighted by Crippen LogP contribution is -2.40. The molecule has 1 saturated heterocycles. The SMILES string of the molecule is C[C@@H]1CCCN(C(=O)CSc2nnc3c4ccccc4n(CC(=O)[O-])c3n2)C1. The Morgan fingerprint density at radius 1 is 1.29 bits per heavy atom. The van der Waals surface area contributed by atoms with Crippen LogP contribution in [0.2, 0.25) is 0 Å². The molecular formula is C19H20N5O3S-. The third-order valence-corrected chi connectivity index (χ3v) is 5.80. The first-order chi connectivity index (χ1) is 13.5. The number of aliphatic carboxylic acids is 1. The summed E-state index contributed by atoms with van der Waals surface area (Å²) < 4.78 is 1.56. The molecule has 0 bridgehead atoms. The van der Waals surface area contributed by atoms with Crippen LogP contribution in [0.4, 0.5) is 0 Å². The summed E-state index contributed by atoms with van der Waals surface area (Å²) in [7, 11) is 0. The lowest BCUT2D eigenvalue weighted by atomic mass is 10.0. The van der Waals surface area contributed by atoms with Gasteiger partial charge in [0.2, 0.25) is 11.1 Å². The zero-order valence-corrected chi connectivity index (χ0v) is 16.3. The molecular weight excluding hydrogens is 378 g/mol. The highest BCUT2D eigenvalue weighted by Gasteiger charge is 2.21. The maximum atomic E-state index is 12.5. The molecule has 1 atom stereocenters. The summed E-state index contributed by atoms with van der Waals surface area (Å²) in [6, 6.07) is 7.35. The molecule has 0 radical (unpaired) electrons. The number of para-hydroxylation sites is 1. The van der Waals surface area contributed by atoms with Crippen molar-refractivity contribution in [1.82, 2.24) is 24.6 Å². The van der Waals surface area contributed by atoms with E-state index in [0.717, 1.165) is 31.3 Å². The Morgan fingerprint density at radius 2 is 2.11 bits per heavy atom. The van der Waals surface area contributed by atoms with Crippen LogP contribution in [-0.2, 0) is 16.1 Å². The Morgan fingerprint density at radius 3 is 2.89 bits per heavy atom. The number of benzene rings is 1. The van der Waals surface area contributed by atoms with Crippen LogP contribution in [-0.4, -0.2) is 55.4 Å². The number of likely N-dealkylation sites (tertiary alicyclic amines) is 1. The molecule has 0 saturated carbocycles. The Hall–Kier alpha value is -2.68. The number of carboxylic acids is 1. The fourth-order valence-electron chi connectivity index (χ4n) is 3.67. The number of carbonyl (C=O) groups is 2. The molecule has 0 spiro atoms. The molecule has 3 aromatic rings. The highest BCUT2D eigenvalue weighted by molar-refractivity contribution is 7.99. The van der Waals surface area contributed by atoms with Gasteiger partial charge in [-0.2, -0.15) is 0 Å². The van der Waals surface area contributed by atoms with Crippen LogP contribution in [0, 0.1) is 5.92 Å². The number of hydrogen-bond donors (Lipinski definition) is 0. The molecule has 146 valence electrons. The second-order valence-electron chi connectivity index (χ2n) is 7.12. The number of carboxylic acid groups (broad SMARTS) is 1. The van der Waals surface area contributed by atoms with Crippen LogP contribution < -0.4 is 5.11 Å². The predicted molar refractivity (Wildman–Crippen MR) is 104 cm³/mol. The standard InChI is InChI=1S/C19H21N5O3S/c1-12-5-4-8-23(9-12)15(25)11-28-19-20-18-17(21-22-19)13-6-2-3-7-14(13)24(18)10-16(26)27/h2-3,6-7,12H,4-5,8-11H2,1H3,(H,26,27)/p-1/t12-/m1/s1. The van der Waals surface area contributed by atoms with Crippen molar-refractivity contribution in [2.75, 3.05) is 18.8 Å². The molecule has 4 rings (SSSR count). The quantitative estimate of drug-likeness (QED) is 0.592. The van der Waals surface area contributed by atoms with Crippen LogP contribution in [0.1, 0.15) is 19.8 Å². The van der Waals surface area contributed by atoms with Crippen molar-refractivity contribution in [1.29, 1.82) is 0 Å². The summed E-state index contributed by atoms with van der Waals surface area (Å²) in [5.41, 5.74) is 1.68. The number of hydrogen-bond acceptors (Lipinski definition) is 7. The van der Waals surface area contributed by atoms with Crippen molar-refractivity contribution >= 4 is 45.7 Å². The lowest BCUT2D eigenvalue weighted by Gasteiger charge is -2.30. The van der Waals surface area contributed by atoms with Gasteiger partial charge >= 0.3 is 0 Å². The first kappa shape index (κ1) is 18.7. The summed E-state index contributed by atoms with van der Waals surface area (Å²) >= 11 is 1.22. The summed E-state index contributed by atoms with van der Waals surface area (Å²) in [5.74, 6) is -0.377. The highest BCUT2D eigenvalue weighted by Crippen LogP contribution is 2.27. The number of nitrogens with zero attached hydrogens (tertiary/aromatic N) is 5. The molecule has 9 heteroatoms. The average molecular weight is 398 g/mol. The van der Waals surface area contributed by atoms with Crippen molar-refractivity contribution in [2.24, 2.45) is 5.92 Å². The Kier molecular flexibility index (Phi) is 5.17. The normalized spacial score (nSPS) is 17.3. The van der Waals surface area contributed by atoms with Crippen molar-refractivity contribution < 1.29 is 14.7 Å². The van der Waals surface area contributed by atoms with Gasteiger partial charge in [0.15, 0.2) is 5.65 Å². The summed E-state index contributed by atoms with van der Waals surface area (Å²) in [4.78, 5) is 30.1. The number of carbonyl (C=O) groups excluding carboxylic acids is 2. The number of fused-ring (bicyclic) bond motifs is 3. The van der Waals surface area contributed by atoms with Crippen LogP contribution in [0.3, 0.4) is 0 Å². The molecule has 0 unspecified atom stereocenters. The van der Waals surface area contributed by atoms with Gasteiger partial charge < -0.3 is 19.4 Å². The van der Waals surface area contributed by atoms with Crippen molar-refractivity contribution in [3.8, 4) is 0 Å². The molecule has 1 aromatic carbocycles. The third-order valence-electron chi connectivity index (χ3n) is 4.98. The fraction of sp³-hybridized carbons (Fsp3) is 0.421. The van der Waals surface area contributed by atoms with E-state index in [9.17, 15) is 14.7 Å². The smallest absolute Gasteiger partial charge is 0.233 e. The van der Waals surface area contributed by atoms with E-state index in [1.165, 1.54) is 11.8 Å². The first-order valence-corrected chi connectivity index (χ1v) is 10.2. The molecule has 0 aliphatic carbocycles.